The average Bonchev–Trinajstić information content (AvgIpc) is 2.90. The van der Waals surface area contributed by atoms with Crippen molar-refractivity contribution in [3.63, 3.8) is 0 Å². The van der Waals surface area contributed by atoms with Crippen LogP contribution in [0.5, 0.6) is 5.75 Å². The number of benzene rings is 1. The van der Waals surface area contributed by atoms with Crippen molar-refractivity contribution in [3.05, 3.63) is 65.1 Å². The average molecular weight is 514 g/mol. The predicted octanol–water partition coefficient (Wildman–Crippen LogP) is 6.27. The number of fused-ring (bicyclic) bond motifs is 1. The summed E-state index contributed by atoms with van der Waals surface area (Å²) in [5.41, 5.74) is 1.36. The lowest BCUT2D eigenvalue weighted by atomic mass is 9.74. The first kappa shape index (κ1) is 26.3. The summed E-state index contributed by atoms with van der Waals surface area (Å²) >= 11 is 6.36. The van der Waals surface area contributed by atoms with Crippen LogP contribution in [0.2, 0.25) is 5.02 Å². The molecule has 192 valence electrons. The van der Waals surface area contributed by atoms with Gasteiger partial charge >= 0.3 is 5.97 Å². The molecule has 0 amide bonds. The van der Waals surface area contributed by atoms with Crippen LogP contribution in [-0.4, -0.2) is 52.7 Å². The number of unbranched alkanes of at least 4 members (excludes halogenated alkanes) is 1. The first-order valence-electron chi connectivity index (χ1n) is 12.5. The summed E-state index contributed by atoms with van der Waals surface area (Å²) in [6.07, 6.45) is 8.27. The Morgan fingerprint density at radius 3 is 2.67 bits per heavy atom. The van der Waals surface area contributed by atoms with Crippen molar-refractivity contribution in [1.29, 1.82) is 0 Å². The number of hydrogen-bond donors (Lipinski definition) is 1. The van der Waals surface area contributed by atoms with Crippen molar-refractivity contribution < 1.29 is 19.0 Å². The van der Waals surface area contributed by atoms with Crippen LogP contribution in [0.15, 0.2) is 48.9 Å². The molecule has 3 aromatic rings. The van der Waals surface area contributed by atoms with Crippen LogP contribution in [0.25, 0.3) is 10.9 Å². The van der Waals surface area contributed by atoms with E-state index in [0.717, 1.165) is 25.8 Å². The molecule has 1 aliphatic heterocycles. The van der Waals surface area contributed by atoms with Gasteiger partial charge < -0.3 is 14.7 Å². The summed E-state index contributed by atoms with van der Waals surface area (Å²) in [5, 5.41) is 10.9. The summed E-state index contributed by atoms with van der Waals surface area (Å²) in [7, 11) is 1.55. The summed E-state index contributed by atoms with van der Waals surface area (Å²) < 4.78 is 20.9. The van der Waals surface area contributed by atoms with Gasteiger partial charge in [0.1, 0.15) is 11.9 Å². The molecule has 0 spiro atoms. The first-order chi connectivity index (χ1) is 17.4. The zero-order valence-corrected chi connectivity index (χ0v) is 21.4. The lowest BCUT2D eigenvalue weighted by Gasteiger charge is -2.39. The zero-order valence-electron chi connectivity index (χ0n) is 20.6. The van der Waals surface area contributed by atoms with Crippen molar-refractivity contribution in [2.75, 3.05) is 26.7 Å². The Kier molecular flexibility index (Phi) is 8.75. The SMILES string of the molecule is COc1ccc2ncc(Cl)c(C(F)CCC3(C(=O)O)CCN(CCCCc4ccncc4)CC3)c2c1. The smallest absolute Gasteiger partial charge is 0.309 e. The molecule has 1 N–H and O–H groups in total. The maximum absolute atomic E-state index is 15.6. The number of carboxylic acid groups (broad SMARTS) is 1. The van der Waals surface area contributed by atoms with Gasteiger partial charge in [0.2, 0.25) is 0 Å². The van der Waals surface area contributed by atoms with Gasteiger partial charge in [-0.15, -0.1) is 0 Å². The number of alkyl halides is 1. The van der Waals surface area contributed by atoms with E-state index in [4.69, 9.17) is 16.3 Å². The number of hydrogen-bond acceptors (Lipinski definition) is 5. The molecule has 3 heterocycles. The van der Waals surface area contributed by atoms with E-state index in [9.17, 15) is 9.90 Å². The summed E-state index contributed by atoms with van der Waals surface area (Å²) in [5.74, 6) is -0.241. The largest absolute Gasteiger partial charge is 0.497 e. The molecule has 1 saturated heterocycles. The van der Waals surface area contributed by atoms with Gasteiger partial charge in [-0.1, -0.05) is 11.6 Å². The molecule has 1 unspecified atom stereocenters. The van der Waals surface area contributed by atoms with E-state index in [0.29, 0.717) is 48.1 Å². The molecule has 8 heteroatoms. The number of halogens is 2. The second-order valence-electron chi connectivity index (χ2n) is 9.65. The number of methoxy groups -OCH3 is 1. The van der Waals surface area contributed by atoms with Gasteiger partial charge in [0.15, 0.2) is 0 Å². The van der Waals surface area contributed by atoms with Crippen molar-refractivity contribution in [1.82, 2.24) is 14.9 Å². The second kappa shape index (κ2) is 12.0. The molecule has 6 nitrogen and oxygen atoms in total. The maximum Gasteiger partial charge on any atom is 0.309 e. The van der Waals surface area contributed by atoms with Crippen LogP contribution in [-0.2, 0) is 11.2 Å². The van der Waals surface area contributed by atoms with Gasteiger partial charge in [-0.2, -0.15) is 0 Å². The number of rotatable bonds is 11. The Balaban J connectivity index is 1.34. The van der Waals surface area contributed by atoms with Crippen molar-refractivity contribution >= 4 is 28.5 Å². The number of likely N-dealkylation sites (tertiary alicyclic amines) is 1. The Hall–Kier alpha value is -2.77. The van der Waals surface area contributed by atoms with Crippen LogP contribution >= 0.6 is 11.6 Å². The number of aliphatic carboxylic acids is 1. The summed E-state index contributed by atoms with van der Waals surface area (Å²) in [6, 6.07) is 9.35. The van der Waals surface area contributed by atoms with E-state index in [-0.39, 0.29) is 17.9 Å². The molecule has 0 aliphatic carbocycles. The summed E-state index contributed by atoms with van der Waals surface area (Å²) in [4.78, 5) is 23.0. The Bertz CT molecular complexity index is 1170. The number of carbonyl (C=O) groups is 1. The Morgan fingerprint density at radius 1 is 1.22 bits per heavy atom. The molecule has 0 bridgehead atoms. The molecule has 1 aliphatic rings. The number of pyridine rings is 2. The molecular weight excluding hydrogens is 481 g/mol. The highest BCUT2D eigenvalue weighted by Crippen LogP contribution is 2.42. The molecule has 1 fully saturated rings. The van der Waals surface area contributed by atoms with Crippen molar-refractivity contribution in [3.8, 4) is 5.75 Å². The lowest BCUT2D eigenvalue weighted by molar-refractivity contribution is -0.153. The third-order valence-electron chi connectivity index (χ3n) is 7.46. The molecule has 1 atom stereocenters. The Labute approximate surface area is 216 Å². The van der Waals surface area contributed by atoms with Crippen molar-refractivity contribution in [2.45, 2.75) is 51.1 Å². The van der Waals surface area contributed by atoms with E-state index >= 15 is 4.39 Å². The van der Waals surface area contributed by atoms with Gasteiger partial charge in [-0.05, 0) is 100 Å². The van der Waals surface area contributed by atoms with E-state index < -0.39 is 17.6 Å². The maximum atomic E-state index is 15.6. The van der Waals surface area contributed by atoms with Crippen LogP contribution in [0, 0.1) is 5.41 Å². The lowest BCUT2D eigenvalue weighted by Crippen LogP contribution is -2.44. The highest BCUT2D eigenvalue weighted by molar-refractivity contribution is 6.32. The Morgan fingerprint density at radius 2 is 1.97 bits per heavy atom. The van der Waals surface area contributed by atoms with Crippen LogP contribution < -0.4 is 4.74 Å². The van der Waals surface area contributed by atoms with Gasteiger partial charge in [0.05, 0.1) is 23.1 Å². The van der Waals surface area contributed by atoms with E-state index in [1.54, 1.807) is 25.3 Å². The minimum Gasteiger partial charge on any atom is -0.497 e. The molecule has 0 radical (unpaired) electrons. The van der Waals surface area contributed by atoms with Gasteiger partial charge in [-0.3, -0.25) is 14.8 Å². The van der Waals surface area contributed by atoms with Crippen LogP contribution in [0.4, 0.5) is 4.39 Å². The fourth-order valence-corrected chi connectivity index (χ4v) is 5.42. The third-order valence-corrected chi connectivity index (χ3v) is 7.76. The second-order valence-corrected chi connectivity index (χ2v) is 10.1. The monoisotopic (exact) mass is 513 g/mol. The van der Waals surface area contributed by atoms with Crippen LogP contribution in [0.3, 0.4) is 0 Å². The molecule has 0 saturated carbocycles. The third kappa shape index (κ3) is 6.13. The number of carboxylic acids is 1. The number of aromatic nitrogens is 2. The molecule has 2 aromatic heterocycles. The zero-order chi connectivity index (χ0) is 25.5. The van der Waals surface area contributed by atoms with Gasteiger partial charge in [0.25, 0.3) is 0 Å². The molecular formula is C28H33ClFN3O3. The predicted molar refractivity (Wildman–Crippen MR) is 139 cm³/mol. The molecule has 4 rings (SSSR count). The number of nitrogens with zero attached hydrogens (tertiary/aromatic N) is 3. The normalized spacial score (nSPS) is 16.6. The van der Waals surface area contributed by atoms with E-state index in [1.807, 2.05) is 24.5 Å². The standard InChI is InChI=1S/C28H33ClFN3O3/c1-36-21-5-6-25-22(18-21)26(23(29)19-32-25)24(30)7-10-28(27(34)35)11-16-33(17-12-28)15-3-2-4-20-8-13-31-14-9-20/h5-6,8-9,13-14,18-19,24H,2-4,7,10-12,15-17H2,1H3,(H,34,35). The van der Waals surface area contributed by atoms with Crippen LogP contribution in [0.1, 0.15) is 55.8 Å². The number of aryl methyl sites for hydroxylation is 1. The van der Waals surface area contributed by atoms with E-state index in [2.05, 4.69) is 14.9 Å². The minimum atomic E-state index is -1.39. The summed E-state index contributed by atoms with van der Waals surface area (Å²) in [6.45, 7) is 2.39. The quantitative estimate of drug-likeness (QED) is 0.304. The van der Waals surface area contributed by atoms with Gasteiger partial charge in [0, 0.05) is 29.5 Å². The number of ether oxygens (including phenoxy) is 1. The highest BCUT2D eigenvalue weighted by Gasteiger charge is 2.41. The topological polar surface area (TPSA) is 75.6 Å². The number of piperidine rings is 1. The highest BCUT2D eigenvalue weighted by atomic mass is 35.5. The fraction of sp³-hybridized carbons (Fsp3) is 0.464. The molecule has 1 aromatic carbocycles. The van der Waals surface area contributed by atoms with Crippen molar-refractivity contribution in [2.24, 2.45) is 5.41 Å². The minimum absolute atomic E-state index is 0.0915. The van der Waals surface area contributed by atoms with Gasteiger partial charge in [-0.25, -0.2) is 4.39 Å². The van der Waals surface area contributed by atoms with E-state index in [1.165, 1.54) is 11.8 Å². The fourth-order valence-electron chi connectivity index (χ4n) is 5.15. The molecule has 36 heavy (non-hydrogen) atoms. The first-order valence-corrected chi connectivity index (χ1v) is 12.9.